The van der Waals surface area contributed by atoms with Gasteiger partial charge in [0.2, 0.25) is 6.41 Å². The summed E-state index contributed by atoms with van der Waals surface area (Å²) in [4.78, 5) is 9.88. The molecule has 0 saturated heterocycles. The van der Waals surface area contributed by atoms with Crippen LogP contribution in [0.25, 0.3) is 0 Å². The molecular weight excluding hydrogens is 126 g/mol. The van der Waals surface area contributed by atoms with Gasteiger partial charge in [0.15, 0.2) is 0 Å². The smallest absolute Gasteiger partial charge is 0.207 e. The van der Waals surface area contributed by atoms with Crippen molar-refractivity contribution in [3.8, 4) is 0 Å². The fourth-order valence-corrected chi connectivity index (χ4v) is 0.819. The van der Waals surface area contributed by atoms with Gasteiger partial charge in [-0.15, -0.1) is 0 Å². The molecule has 0 aromatic carbocycles. The zero-order chi connectivity index (χ0) is 7.40. The van der Waals surface area contributed by atoms with Gasteiger partial charge in [-0.3, -0.25) is 4.79 Å². The molecule has 0 radical (unpaired) electrons. The molecule has 1 rings (SSSR count). The molecule has 0 saturated carbocycles. The first-order valence-corrected chi connectivity index (χ1v) is 3.08. The minimum absolute atomic E-state index is 0.579. The van der Waals surface area contributed by atoms with Gasteiger partial charge in [-0.25, -0.2) is 0 Å². The second-order valence-electron chi connectivity index (χ2n) is 2.08. The van der Waals surface area contributed by atoms with Crippen LogP contribution < -0.4 is 5.32 Å². The maximum atomic E-state index is 9.88. The minimum Gasteiger partial charge on any atom is -0.355 e. The quantitative estimate of drug-likeness (QED) is 0.569. The highest BCUT2D eigenvalue weighted by Crippen LogP contribution is 2.14. The summed E-state index contributed by atoms with van der Waals surface area (Å²) < 4.78 is 0. The van der Waals surface area contributed by atoms with Gasteiger partial charge in [-0.2, -0.15) is 0 Å². The normalized spacial score (nSPS) is 15.2. The van der Waals surface area contributed by atoms with Crippen LogP contribution in [0.1, 0.15) is 0 Å². The van der Waals surface area contributed by atoms with Crippen LogP contribution in [0.15, 0.2) is 36.0 Å². The molecule has 0 atom stereocenters. The molecule has 10 heavy (non-hydrogen) atoms. The molecule has 0 spiro atoms. The Labute approximate surface area is 59.9 Å². The molecular formula is C8H9NO. The molecule has 1 aliphatic rings. The Morgan fingerprint density at radius 1 is 1.70 bits per heavy atom. The van der Waals surface area contributed by atoms with E-state index in [4.69, 9.17) is 0 Å². The minimum atomic E-state index is 0.579. The highest BCUT2D eigenvalue weighted by atomic mass is 16.1. The molecule has 0 aromatic heterocycles. The van der Waals surface area contributed by atoms with Gasteiger partial charge in [-0.05, 0) is 11.1 Å². The van der Waals surface area contributed by atoms with E-state index < -0.39 is 0 Å². The van der Waals surface area contributed by atoms with E-state index in [1.165, 1.54) is 0 Å². The Bertz CT molecular complexity index is 213. The molecule has 0 bridgehead atoms. The van der Waals surface area contributed by atoms with Crippen molar-refractivity contribution >= 4 is 6.41 Å². The topological polar surface area (TPSA) is 29.1 Å². The largest absolute Gasteiger partial charge is 0.355 e. The average Bonchev–Trinajstić information content (AvgIpc) is 2.31. The van der Waals surface area contributed by atoms with E-state index in [9.17, 15) is 4.79 Å². The van der Waals surface area contributed by atoms with Crippen LogP contribution in [-0.2, 0) is 4.79 Å². The fraction of sp³-hybridized carbons (Fsp3) is 0.125. The van der Waals surface area contributed by atoms with Crippen molar-refractivity contribution in [3.05, 3.63) is 36.0 Å². The summed E-state index contributed by atoms with van der Waals surface area (Å²) in [5.74, 6) is 0. The molecule has 52 valence electrons. The van der Waals surface area contributed by atoms with Crippen LogP contribution in [-0.4, -0.2) is 13.0 Å². The highest BCUT2D eigenvalue weighted by Gasteiger charge is 2.01. The molecule has 0 aromatic rings. The maximum Gasteiger partial charge on any atom is 0.207 e. The summed E-state index contributed by atoms with van der Waals surface area (Å²) in [5, 5.41) is 2.57. The number of nitrogens with one attached hydrogen (secondary N) is 1. The molecule has 0 heterocycles. The van der Waals surface area contributed by atoms with Crippen LogP contribution in [0.4, 0.5) is 0 Å². The second kappa shape index (κ2) is 3.01. The van der Waals surface area contributed by atoms with Gasteiger partial charge in [0.25, 0.3) is 0 Å². The number of carbonyl (C=O) groups is 1. The number of rotatable bonds is 3. The van der Waals surface area contributed by atoms with Crippen molar-refractivity contribution in [1.82, 2.24) is 5.32 Å². The van der Waals surface area contributed by atoms with E-state index in [1.807, 2.05) is 18.2 Å². The summed E-state index contributed by atoms with van der Waals surface area (Å²) in [6, 6.07) is 0. The zero-order valence-corrected chi connectivity index (χ0v) is 5.63. The maximum absolute atomic E-state index is 9.88. The Hall–Kier alpha value is -1.31. The first-order chi connectivity index (χ1) is 4.84. The average molecular weight is 135 g/mol. The lowest BCUT2D eigenvalue weighted by Crippen LogP contribution is -2.14. The standard InChI is InChI=1S/C8H9NO/c1-7-3-2-4-8(7)5-9-6-10/h2-4,6H,1,5H2,(H,9,10). The van der Waals surface area contributed by atoms with Gasteiger partial charge in [-0.1, -0.05) is 24.8 Å². The first-order valence-electron chi connectivity index (χ1n) is 3.08. The van der Waals surface area contributed by atoms with E-state index in [-0.39, 0.29) is 0 Å². The van der Waals surface area contributed by atoms with Crippen LogP contribution in [0, 0.1) is 0 Å². The van der Waals surface area contributed by atoms with Crippen molar-refractivity contribution in [2.24, 2.45) is 0 Å². The van der Waals surface area contributed by atoms with Crippen molar-refractivity contribution in [2.75, 3.05) is 6.54 Å². The third kappa shape index (κ3) is 1.35. The van der Waals surface area contributed by atoms with E-state index in [2.05, 4.69) is 11.9 Å². The van der Waals surface area contributed by atoms with Crippen LogP contribution in [0.2, 0.25) is 0 Å². The van der Waals surface area contributed by atoms with Crippen molar-refractivity contribution in [1.29, 1.82) is 0 Å². The van der Waals surface area contributed by atoms with Crippen LogP contribution >= 0.6 is 0 Å². The van der Waals surface area contributed by atoms with E-state index in [0.29, 0.717) is 13.0 Å². The Morgan fingerprint density at radius 3 is 3.00 bits per heavy atom. The monoisotopic (exact) mass is 135 g/mol. The number of amides is 1. The van der Waals surface area contributed by atoms with Crippen molar-refractivity contribution in [3.63, 3.8) is 0 Å². The molecule has 2 heteroatoms. The fourth-order valence-electron chi connectivity index (χ4n) is 0.819. The predicted molar refractivity (Wildman–Crippen MR) is 40.4 cm³/mol. The lowest BCUT2D eigenvalue weighted by molar-refractivity contribution is -0.109. The molecule has 2 nitrogen and oxygen atoms in total. The number of allylic oxidation sites excluding steroid dienone is 3. The van der Waals surface area contributed by atoms with E-state index in [0.717, 1.165) is 11.1 Å². The van der Waals surface area contributed by atoms with Gasteiger partial charge >= 0.3 is 0 Å². The van der Waals surface area contributed by atoms with Gasteiger partial charge in [0.1, 0.15) is 0 Å². The molecule has 1 aliphatic carbocycles. The molecule has 0 aliphatic heterocycles. The summed E-state index contributed by atoms with van der Waals surface area (Å²) >= 11 is 0. The van der Waals surface area contributed by atoms with Gasteiger partial charge in [0.05, 0.1) is 0 Å². The van der Waals surface area contributed by atoms with Crippen molar-refractivity contribution in [2.45, 2.75) is 0 Å². The van der Waals surface area contributed by atoms with Gasteiger partial charge < -0.3 is 5.32 Å². The van der Waals surface area contributed by atoms with E-state index >= 15 is 0 Å². The summed E-state index contributed by atoms with van der Waals surface area (Å²) in [5.41, 5.74) is 2.06. The third-order valence-corrected chi connectivity index (χ3v) is 1.38. The predicted octanol–water partition coefficient (Wildman–Crippen LogP) is 0.785. The summed E-state index contributed by atoms with van der Waals surface area (Å²) in [6.45, 7) is 4.36. The number of carbonyl (C=O) groups excluding carboxylic acids is 1. The Kier molecular flexibility index (Phi) is 2.05. The lowest BCUT2D eigenvalue weighted by atomic mass is 10.2. The van der Waals surface area contributed by atoms with Crippen molar-refractivity contribution < 1.29 is 4.79 Å². The molecule has 1 amide bonds. The highest BCUT2D eigenvalue weighted by molar-refractivity contribution is 5.52. The zero-order valence-electron chi connectivity index (χ0n) is 5.63. The van der Waals surface area contributed by atoms with Gasteiger partial charge in [0, 0.05) is 6.54 Å². The Balaban J connectivity index is 2.44. The second-order valence-corrected chi connectivity index (χ2v) is 2.08. The molecule has 0 unspecified atom stereocenters. The van der Waals surface area contributed by atoms with Crippen LogP contribution in [0.3, 0.4) is 0 Å². The SMILES string of the molecule is C=C1C=CC=C1CNC=O. The molecule has 0 fully saturated rings. The van der Waals surface area contributed by atoms with Crippen LogP contribution in [0.5, 0.6) is 0 Å². The summed E-state index contributed by atoms with van der Waals surface area (Å²) in [6.07, 6.45) is 6.47. The summed E-state index contributed by atoms with van der Waals surface area (Å²) in [7, 11) is 0. The number of hydrogen-bond acceptors (Lipinski definition) is 1. The number of hydrogen-bond donors (Lipinski definition) is 1. The Morgan fingerprint density at radius 2 is 2.50 bits per heavy atom. The first kappa shape index (κ1) is 6.81. The lowest BCUT2D eigenvalue weighted by Gasteiger charge is -2.00. The third-order valence-electron chi connectivity index (χ3n) is 1.38. The molecule has 1 N–H and O–H groups in total. The van der Waals surface area contributed by atoms with E-state index in [1.54, 1.807) is 0 Å².